The maximum absolute atomic E-state index is 9.44. The quantitative estimate of drug-likeness (QED) is 0.0887. The Labute approximate surface area is 281 Å². The summed E-state index contributed by atoms with van der Waals surface area (Å²) in [6.45, 7) is 19.3. The Morgan fingerprint density at radius 3 is 2.30 bits per heavy atom. The first-order valence-corrected chi connectivity index (χ1v) is 15.6. The number of allylic oxidation sites excluding steroid dienone is 6. The van der Waals surface area contributed by atoms with Crippen LogP contribution in [0, 0.1) is 0 Å². The van der Waals surface area contributed by atoms with Crippen molar-refractivity contribution in [1.82, 2.24) is 4.98 Å². The number of rotatable bonds is 15. The summed E-state index contributed by atoms with van der Waals surface area (Å²) in [5, 5.41) is 7.84. The molecule has 0 bridgehead atoms. The predicted octanol–water partition coefficient (Wildman–Crippen LogP) is 7.80. The van der Waals surface area contributed by atoms with Gasteiger partial charge in [-0.2, -0.15) is 0 Å². The number of aliphatic imine (C=N–C) groups is 1. The van der Waals surface area contributed by atoms with Crippen LogP contribution in [0.25, 0.3) is 10.9 Å². The zero-order valence-corrected chi connectivity index (χ0v) is 30.1. The molecule has 1 aliphatic rings. The highest BCUT2D eigenvalue weighted by Gasteiger charge is 2.12. The van der Waals surface area contributed by atoms with Crippen molar-refractivity contribution in [2.45, 2.75) is 73.8 Å². The molecule has 0 radical (unpaired) electrons. The Kier molecular flexibility index (Phi) is 23.9. The molecule has 0 saturated heterocycles. The molecule has 1 aromatic carbocycles. The van der Waals surface area contributed by atoms with Crippen LogP contribution in [0.15, 0.2) is 77.4 Å². The maximum atomic E-state index is 9.44. The highest BCUT2D eigenvalue weighted by Crippen LogP contribution is 2.36. The zero-order valence-electron chi connectivity index (χ0n) is 30.1. The molecule has 0 saturated carbocycles. The van der Waals surface area contributed by atoms with Gasteiger partial charge in [0.1, 0.15) is 17.3 Å². The van der Waals surface area contributed by atoms with Gasteiger partial charge in [0.25, 0.3) is 0 Å². The summed E-state index contributed by atoms with van der Waals surface area (Å²) in [7, 11) is 4.32. The van der Waals surface area contributed by atoms with E-state index in [1.165, 1.54) is 19.4 Å². The van der Waals surface area contributed by atoms with Crippen molar-refractivity contribution in [3.8, 4) is 17.2 Å². The lowest BCUT2D eigenvalue weighted by Crippen LogP contribution is -2.13. The molecule has 2 heterocycles. The van der Waals surface area contributed by atoms with Crippen molar-refractivity contribution in [1.29, 1.82) is 0 Å². The minimum Gasteiger partial charge on any atom is -0.493 e. The van der Waals surface area contributed by atoms with Gasteiger partial charge in [-0.1, -0.05) is 18.2 Å². The molecular formula is C37H56N2O8. The van der Waals surface area contributed by atoms with E-state index in [-0.39, 0.29) is 11.9 Å². The Hall–Kier alpha value is -3.99. The molecule has 0 spiro atoms. The number of methoxy groups -OCH3 is 2. The number of ketones is 1. The fourth-order valence-electron chi connectivity index (χ4n) is 3.70. The normalized spacial score (nSPS) is 12.5. The number of carbonyl (C=O) groups excluding carboxylic acids is 1. The van der Waals surface area contributed by atoms with Gasteiger partial charge in [-0.15, -0.1) is 0 Å². The summed E-state index contributed by atoms with van der Waals surface area (Å²) >= 11 is 0. The van der Waals surface area contributed by atoms with Crippen molar-refractivity contribution in [2.24, 2.45) is 4.99 Å². The molecule has 10 heteroatoms. The Morgan fingerprint density at radius 2 is 1.74 bits per heavy atom. The summed E-state index contributed by atoms with van der Waals surface area (Å²) in [6, 6.07) is 5.61. The third kappa shape index (κ3) is 20.0. The number of hydrogen-bond acceptors (Lipinski definition) is 10. The second-order valence-corrected chi connectivity index (χ2v) is 10.7. The van der Waals surface area contributed by atoms with Crippen molar-refractivity contribution in [3.63, 3.8) is 0 Å². The molecule has 0 fully saturated rings. The second kappa shape index (κ2) is 26.1. The molecule has 0 amide bonds. The highest BCUT2D eigenvalue weighted by molar-refractivity contribution is 5.93. The molecule has 1 aliphatic heterocycles. The zero-order chi connectivity index (χ0) is 35.6. The van der Waals surface area contributed by atoms with Crippen LogP contribution in [-0.4, -0.2) is 75.6 Å². The van der Waals surface area contributed by atoms with Crippen molar-refractivity contribution < 1.29 is 38.3 Å². The molecule has 10 nitrogen and oxygen atoms in total. The number of benzene rings is 1. The van der Waals surface area contributed by atoms with Crippen LogP contribution in [0.1, 0.15) is 67.7 Å². The average molecular weight is 657 g/mol. The fourth-order valence-corrected chi connectivity index (χ4v) is 3.70. The van der Waals surface area contributed by atoms with Crippen LogP contribution in [0.5, 0.6) is 17.2 Å². The molecule has 1 N–H and O–H groups in total. The van der Waals surface area contributed by atoms with E-state index in [9.17, 15) is 4.79 Å². The van der Waals surface area contributed by atoms with Gasteiger partial charge in [0.05, 0.1) is 37.7 Å². The standard InChI is InChI=1S/C27H37NO5.C6H9NO.C3H6O.CH4O/c1-7-22(11-8-10-20(2)3)33-25-12-14-28-24-19-27(26(30-6)18-23(24)25)32-16-9-15-31-21(4)13-17-29-5;1-5-3-6(2)8-4-7-5;1-3(2)4;1-2/h7,10-12,14,18-19,21H,1,8-9,13,15-17H2,2-6H3;3H,4H2,1-2H3;1-2H3;2H,1H3. The minimum absolute atomic E-state index is 0.166. The summed E-state index contributed by atoms with van der Waals surface area (Å²) in [5.74, 6) is 3.77. The van der Waals surface area contributed by atoms with E-state index in [2.05, 4.69) is 36.5 Å². The van der Waals surface area contributed by atoms with Gasteiger partial charge < -0.3 is 38.3 Å². The van der Waals surface area contributed by atoms with Crippen LogP contribution in [-0.2, 0) is 19.0 Å². The number of aliphatic hydroxyl groups is 1. The van der Waals surface area contributed by atoms with Gasteiger partial charge in [0, 0.05) is 50.6 Å². The molecule has 47 heavy (non-hydrogen) atoms. The largest absolute Gasteiger partial charge is 0.493 e. The maximum Gasteiger partial charge on any atom is 0.178 e. The average Bonchev–Trinajstić information content (AvgIpc) is 3.03. The van der Waals surface area contributed by atoms with Crippen LogP contribution in [0.4, 0.5) is 0 Å². The monoisotopic (exact) mass is 656 g/mol. The van der Waals surface area contributed by atoms with Gasteiger partial charge in [0.2, 0.25) is 0 Å². The molecule has 1 unspecified atom stereocenters. The lowest BCUT2D eigenvalue weighted by Gasteiger charge is -2.15. The van der Waals surface area contributed by atoms with E-state index in [1.54, 1.807) is 26.5 Å². The van der Waals surface area contributed by atoms with E-state index >= 15 is 0 Å². The van der Waals surface area contributed by atoms with Crippen molar-refractivity contribution >= 4 is 22.4 Å². The summed E-state index contributed by atoms with van der Waals surface area (Å²) in [4.78, 5) is 17.9. The molecule has 0 aliphatic carbocycles. The van der Waals surface area contributed by atoms with E-state index < -0.39 is 0 Å². The van der Waals surface area contributed by atoms with Gasteiger partial charge in [-0.3, -0.25) is 9.98 Å². The van der Waals surface area contributed by atoms with Crippen molar-refractivity contribution in [2.75, 3.05) is 47.9 Å². The number of fused-ring (bicyclic) bond motifs is 1. The summed E-state index contributed by atoms with van der Waals surface area (Å²) in [5.41, 5.74) is 3.07. The lowest BCUT2D eigenvalue weighted by atomic mass is 10.1. The van der Waals surface area contributed by atoms with Crippen LogP contribution in [0.3, 0.4) is 0 Å². The molecule has 1 aromatic heterocycles. The van der Waals surface area contributed by atoms with E-state index in [4.69, 9.17) is 33.5 Å². The molecule has 2 aromatic rings. The first kappa shape index (κ1) is 43.0. The van der Waals surface area contributed by atoms with Gasteiger partial charge in [-0.05, 0) is 91.7 Å². The van der Waals surface area contributed by atoms with Crippen LogP contribution >= 0.6 is 0 Å². The number of carbonyl (C=O) groups is 1. The first-order valence-electron chi connectivity index (χ1n) is 15.6. The topological polar surface area (TPSA) is 118 Å². The van der Waals surface area contributed by atoms with Gasteiger partial charge in [0.15, 0.2) is 18.2 Å². The van der Waals surface area contributed by atoms with E-state index in [0.717, 1.165) is 48.7 Å². The van der Waals surface area contributed by atoms with Crippen LogP contribution < -0.4 is 14.2 Å². The number of hydrogen-bond donors (Lipinski definition) is 1. The van der Waals surface area contributed by atoms with Crippen molar-refractivity contribution in [3.05, 3.63) is 72.4 Å². The highest BCUT2D eigenvalue weighted by atomic mass is 16.5. The number of aliphatic hydroxyl groups excluding tert-OH is 1. The fraction of sp³-hybridized carbons (Fsp3) is 0.486. The van der Waals surface area contributed by atoms with Gasteiger partial charge in [-0.25, -0.2) is 0 Å². The lowest BCUT2D eigenvalue weighted by molar-refractivity contribution is -0.115. The Morgan fingerprint density at radius 1 is 1.04 bits per heavy atom. The Bertz CT molecular complexity index is 1320. The molecule has 262 valence electrons. The van der Waals surface area contributed by atoms with E-state index in [0.29, 0.717) is 49.6 Å². The third-order valence-electron chi connectivity index (χ3n) is 5.96. The number of Topliss-reactive ketones (excluding diaryl/α,β-unsaturated/α-hetero) is 1. The number of ether oxygens (including phenoxy) is 6. The molecule has 3 rings (SSSR count). The predicted molar refractivity (Wildman–Crippen MR) is 191 cm³/mol. The minimum atomic E-state index is 0.166. The van der Waals surface area contributed by atoms with E-state index in [1.807, 2.05) is 51.1 Å². The first-order chi connectivity index (χ1) is 22.5. The third-order valence-corrected chi connectivity index (χ3v) is 5.96. The van der Waals surface area contributed by atoms with Crippen LogP contribution in [0.2, 0.25) is 0 Å². The van der Waals surface area contributed by atoms with Gasteiger partial charge >= 0.3 is 0 Å². The SMILES string of the molecule is C=CC(=CCC=C(C)C)Oc1ccnc2cc(OCCCOC(C)CCOC)c(OC)cc12.CC(C)=O.CC1=CC(C)=NCO1.CO. The number of nitrogens with zero attached hydrogens (tertiary/aromatic N) is 2. The summed E-state index contributed by atoms with van der Waals surface area (Å²) in [6.07, 6.45) is 12.1. The molecular weight excluding hydrogens is 600 g/mol. The number of aromatic nitrogens is 1. The Balaban J connectivity index is 0.00000125. The second-order valence-electron chi connectivity index (χ2n) is 10.7. The molecule has 1 atom stereocenters. The number of pyridine rings is 1. The summed E-state index contributed by atoms with van der Waals surface area (Å²) < 4.78 is 33.5. The smallest absolute Gasteiger partial charge is 0.178 e.